The molecule has 0 fully saturated rings. The van der Waals surface area contributed by atoms with Crippen molar-refractivity contribution in [3.8, 4) is 0 Å². The number of aryl methyl sites for hydroxylation is 1. The first-order valence-electron chi connectivity index (χ1n) is 5.17. The average molecular weight is 281 g/mol. The van der Waals surface area contributed by atoms with Gasteiger partial charge in [0.1, 0.15) is 6.26 Å². The molecule has 2 heterocycles. The molecule has 2 aromatic rings. The van der Waals surface area contributed by atoms with E-state index in [-0.39, 0.29) is 0 Å². The number of carbonyl (C=O) groups is 1. The van der Waals surface area contributed by atoms with Crippen molar-refractivity contribution < 1.29 is 14.3 Å². The lowest BCUT2D eigenvalue weighted by molar-refractivity contribution is -0.131. The Balaban J connectivity index is 2.01. The van der Waals surface area contributed by atoms with Gasteiger partial charge in [-0.05, 0) is 30.0 Å². The zero-order chi connectivity index (χ0) is 13.0. The zero-order valence-corrected chi connectivity index (χ0v) is 11.3. The van der Waals surface area contributed by atoms with E-state index >= 15 is 0 Å². The minimum atomic E-state index is -0.942. The van der Waals surface area contributed by atoms with Crippen LogP contribution in [-0.4, -0.2) is 16.1 Å². The van der Waals surface area contributed by atoms with Crippen molar-refractivity contribution in [2.45, 2.75) is 17.9 Å². The number of hydrogen-bond acceptors (Lipinski definition) is 5. The summed E-state index contributed by atoms with van der Waals surface area (Å²) in [7, 11) is 0. The summed E-state index contributed by atoms with van der Waals surface area (Å²) in [6, 6.07) is 1.90. The van der Waals surface area contributed by atoms with Gasteiger partial charge in [-0.1, -0.05) is 11.8 Å². The fraction of sp³-hybridized carbons (Fsp3) is 0.167. The van der Waals surface area contributed by atoms with E-state index in [2.05, 4.69) is 4.98 Å². The van der Waals surface area contributed by atoms with Gasteiger partial charge in [0, 0.05) is 16.7 Å². The number of carboxylic acid groups (broad SMARTS) is 1. The smallest absolute Gasteiger partial charge is 0.328 e. The highest BCUT2D eigenvalue weighted by molar-refractivity contribution is 7.98. The van der Waals surface area contributed by atoms with E-state index in [9.17, 15) is 4.79 Å². The van der Waals surface area contributed by atoms with Gasteiger partial charge >= 0.3 is 5.97 Å². The predicted molar refractivity (Wildman–Crippen MR) is 71.8 cm³/mol. The number of nitrogens with zero attached hydrogens (tertiary/aromatic N) is 1. The molecular formula is C12H11NO3S2. The lowest BCUT2D eigenvalue weighted by Gasteiger charge is -1.96. The molecule has 0 aliphatic rings. The van der Waals surface area contributed by atoms with Gasteiger partial charge in [0.15, 0.2) is 0 Å². The van der Waals surface area contributed by atoms with E-state index in [1.165, 1.54) is 11.8 Å². The van der Waals surface area contributed by atoms with Gasteiger partial charge in [0.05, 0.1) is 5.69 Å². The molecule has 0 aromatic carbocycles. The Morgan fingerprint density at radius 2 is 2.50 bits per heavy atom. The first-order chi connectivity index (χ1) is 8.65. The summed E-state index contributed by atoms with van der Waals surface area (Å²) in [4.78, 5) is 15.8. The maximum absolute atomic E-state index is 10.5. The Labute approximate surface area is 112 Å². The number of aliphatic carboxylic acids is 1. The van der Waals surface area contributed by atoms with Crippen molar-refractivity contribution in [2.24, 2.45) is 0 Å². The molecule has 0 radical (unpaired) electrons. The summed E-state index contributed by atoms with van der Waals surface area (Å²) < 4.78 is 5.24. The van der Waals surface area contributed by atoms with E-state index in [1.807, 2.05) is 18.4 Å². The number of thioether (sulfide) groups is 1. The van der Waals surface area contributed by atoms with E-state index in [0.717, 1.165) is 28.0 Å². The van der Waals surface area contributed by atoms with Crippen molar-refractivity contribution in [3.05, 3.63) is 39.9 Å². The van der Waals surface area contributed by atoms with Gasteiger partial charge in [-0.15, -0.1) is 11.3 Å². The minimum absolute atomic E-state index is 0.633. The molecule has 0 amide bonds. The highest BCUT2D eigenvalue weighted by Gasteiger charge is 2.06. The second-order valence-corrected chi connectivity index (χ2v) is 5.44. The van der Waals surface area contributed by atoms with Gasteiger partial charge in [0.2, 0.25) is 0 Å². The molecule has 0 saturated carbocycles. The fourth-order valence-corrected chi connectivity index (χ4v) is 3.15. The van der Waals surface area contributed by atoms with Crippen molar-refractivity contribution in [3.63, 3.8) is 0 Å². The summed E-state index contributed by atoms with van der Waals surface area (Å²) in [5.74, 6) is -0.222. The average Bonchev–Trinajstić information content (AvgIpc) is 2.92. The largest absolute Gasteiger partial charge is 0.478 e. The molecule has 6 heteroatoms. The number of hydrogen-bond donors (Lipinski definition) is 1. The third kappa shape index (κ3) is 3.48. The normalized spacial score (nSPS) is 11.2. The molecule has 0 spiro atoms. The number of rotatable bonds is 5. The van der Waals surface area contributed by atoms with Gasteiger partial charge in [-0.25, -0.2) is 9.78 Å². The van der Waals surface area contributed by atoms with Crippen LogP contribution in [0.4, 0.5) is 0 Å². The molecule has 0 aliphatic heterocycles. The van der Waals surface area contributed by atoms with Gasteiger partial charge in [-0.3, -0.25) is 0 Å². The fourth-order valence-electron chi connectivity index (χ4n) is 1.30. The second-order valence-electron chi connectivity index (χ2n) is 3.51. The Morgan fingerprint density at radius 3 is 3.17 bits per heavy atom. The molecule has 0 bridgehead atoms. The number of aromatic nitrogens is 1. The Morgan fingerprint density at radius 1 is 1.67 bits per heavy atom. The quantitative estimate of drug-likeness (QED) is 0.672. The van der Waals surface area contributed by atoms with Crippen LogP contribution in [0.3, 0.4) is 0 Å². The molecule has 0 atom stereocenters. The van der Waals surface area contributed by atoms with E-state index in [4.69, 9.17) is 9.52 Å². The number of oxazole rings is 1. The van der Waals surface area contributed by atoms with Crippen LogP contribution in [-0.2, 0) is 10.5 Å². The van der Waals surface area contributed by atoms with Crippen LogP contribution in [0.5, 0.6) is 0 Å². The maximum Gasteiger partial charge on any atom is 0.328 e. The Bertz CT molecular complexity index is 571. The van der Waals surface area contributed by atoms with Crippen LogP contribution >= 0.6 is 23.1 Å². The predicted octanol–water partition coefficient (Wildman–Crippen LogP) is 3.43. The summed E-state index contributed by atoms with van der Waals surface area (Å²) in [6.45, 7) is 1.87. The molecule has 2 aromatic heterocycles. The van der Waals surface area contributed by atoms with E-state index < -0.39 is 5.97 Å². The van der Waals surface area contributed by atoms with Crippen LogP contribution in [0.25, 0.3) is 6.08 Å². The molecule has 0 aliphatic carbocycles. The van der Waals surface area contributed by atoms with E-state index in [1.54, 1.807) is 23.7 Å². The highest BCUT2D eigenvalue weighted by Crippen LogP contribution is 2.27. The third-order valence-corrected chi connectivity index (χ3v) is 4.10. The minimum Gasteiger partial charge on any atom is -0.478 e. The topological polar surface area (TPSA) is 63.3 Å². The summed E-state index contributed by atoms with van der Waals surface area (Å²) in [6.07, 6.45) is 4.36. The zero-order valence-electron chi connectivity index (χ0n) is 9.62. The van der Waals surface area contributed by atoms with Crippen LogP contribution in [0.1, 0.15) is 16.1 Å². The van der Waals surface area contributed by atoms with Crippen molar-refractivity contribution in [1.82, 2.24) is 4.98 Å². The van der Waals surface area contributed by atoms with Crippen molar-refractivity contribution >= 4 is 35.1 Å². The summed E-state index contributed by atoms with van der Waals surface area (Å²) in [5.41, 5.74) is 1.79. The SMILES string of the molecule is Cc1coc(SCc2sccc2/C=C/C(=O)O)n1. The van der Waals surface area contributed by atoms with Crippen molar-refractivity contribution in [2.75, 3.05) is 0 Å². The monoisotopic (exact) mass is 281 g/mol. The molecule has 94 valence electrons. The molecule has 4 nitrogen and oxygen atoms in total. The standard InChI is InChI=1S/C12H11NO3S2/c1-8-6-16-12(13-8)18-7-10-9(4-5-17-10)2-3-11(14)15/h2-6H,7H2,1H3,(H,14,15)/b3-2+. The van der Waals surface area contributed by atoms with Crippen LogP contribution < -0.4 is 0 Å². The van der Waals surface area contributed by atoms with Crippen LogP contribution in [0.2, 0.25) is 0 Å². The third-order valence-electron chi connectivity index (χ3n) is 2.11. The van der Waals surface area contributed by atoms with Gasteiger partial charge < -0.3 is 9.52 Å². The lowest BCUT2D eigenvalue weighted by atomic mass is 10.2. The molecule has 2 rings (SSSR count). The van der Waals surface area contributed by atoms with Gasteiger partial charge in [0.25, 0.3) is 5.22 Å². The van der Waals surface area contributed by atoms with Crippen molar-refractivity contribution in [1.29, 1.82) is 0 Å². The first-order valence-corrected chi connectivity index (χ1v) is 7.04. The second kappa shape index (κ2) is 5.88. The number of carboxylic acids is 1. The highest BCUT2D eigenvalue weighted by atomic mass is 32.2. The molecule has 0 unspecified atom stereocenters. The van der Waals surface area contributed by atoms with Crippen LogP contribution in [0.15, 0.2) is 33.4 Å². The summed E-state index contributed by atoms with van der Waals surface area (Å²) >= 11 is 3.09. The van der Waals surface area contributed by atoms with E-state index in [0.29, 0.717) is 5.22 Å². The summed E-state index contributed by atoms with van der Waals surface area (Å²) in [5, 5.41) is 11.2. The molecule has 18 heavy (non-hydrogen) atoms. The Kier molecular flexibility index (Phi) is 4.22. The lowest BCUT2D eigenvalue weighted by Crippen LogP contribution is -1.86. The Hall–Kier alpha value is -1.53. The van der Waals surface area contributed by atoms with Gasteiger partial charge in [-0.2, -0.15) is 0 Å². The molecule has 0 saturated heterocycles. The van der Waals surface area contributed by atoms with Crippen LogP contribution in [0, 0.1) is 6.92 Å². The number of thiophene rings is 1. The maximum atomic E-state index is 10.5. The first kappa shape index (κ1) is 12.9. The molecule has 1 N–H and O–H groups in total. The molecular weight excluding hydrogens is 270 g/mol.